The number of halogens is 1. The Morgan fingerprint density at radius 2 is 2.05 bits per heavy atom. The number of aryl methyl sites for hydroxylation is 1. The SMILES string of the molecule is Cc1cc(/C=N\NC(=O)c2ccccc2Br)c(C)n1C. The van der Waals surface area contributed by atoms with Gasteiger partial charge < -0.3 is 4.57 Å². The molecule has 0 aliphatic rings. The molecule has 0 unspecified atom stereocenters. The molecule has 1 heterocycles. The summed E-state index contributed by atoms with van der Waals surface area (Å²) in [5, 5.41) is 4.02. The number of carbonyl (C=O) groups excluding carboxylic acids is 1. The van der Waals surface area contributed by atoms with Gasteiger partial charge in [0.25, 0.3) is 5.91 Å². The van der Waals surface area contributed by atoms with Gasteiger partial charge in [-0.3, -0.25) is 4.79 Å². The zero-order chi connectivity index (χ0) is 14.7. The highest BCUT2D eigenvalue weighted by molar-refractivity contribution is 9.10. The molecular formula is C15H16BrN3O. The summed E-state index contributed by atoms with van der Waals surface area (Å²) in [6.45, 7) is 4.05. The molecule has 0 radical (unpaired) electrons. The number of hydrazone groups is 1. The molecule has 0 bridgehead atoms. The van der Waals surface area contributed by atoms with E-state index < -0.39 is 0 Å². The first kappa shape index (κ1) is 14.5. The van der Waals surface area contributed by atoms with Crippen LogP contribution in [0.5, 0.6) is 0 Å². The fraction of sp³-hybridized carbons (Fsp3) is 0.200. The maximum absolute atomic E-state index is 12.0. The van der Waals surface area contributed by atoms with Crippen LogP contribution in [0.1, 0.15) is 27.3 Å². The van der Waals surface area contributed by atoms with Crippen molar-refractivity contribution < 1.29 is 4.79 Å². The van der Waals surface area contributed by atoms with E-state index in [1.54, 1.807) is 12.3 Å². The van der Waals surface area contributed by atoms with Crippen molar-refractivity contribution in [1.29, 1.82) is 0 Å². The van der Waals surface area contributed by atoms with Gasteiger partial charge in [0.1, 0.15) is 0 Å². The molecule has 0 atom stereocenters. The summed E-state index contributed by atoms with van der Waals surface area (Å²) in [5.74, 6) is -0.237. The molecule has 20 heavy (non-hydrogen) atoms. The van der Waals surface area contributed by atoms with E-state index in [2.05, 4.69) is 31.0 Å². The first-order valence-corrected chi connectivity index (χ1v) is 7.01. The Balaban J connectivity index is 2.09. The zero-order valence-corrected chi connectivity index (χ0v) is 13.2. The van der Waals surface area contributed by atoms with Gasteiger partial charge in [-0.25, -0.2) is 5.43 Å². The first-order chi connectivity index (χ1) is 9.50. The van der Waals surface area contributed by atoms with Crippen LogP contribution in [-0.2, 0) is 7.05 Å². The Bertz CT molecular complexity index is 674. The zero-order valence-electron chi connectivity index (χ0n) is 11.6. The second-order valence-corrected chi connectivity index (χ2v) is 5.42. The lowest BCUT2D eigenvalue weighted by Crippen LogP contribution is -2.18. The van der Waals surface area contributed by atoms with Crippen LogP contribution in [0.15, 0.2) is 39.9 Å². The van der Waals surface area contributed by atoms with E-state index in [-0.39, 0.29) is 5.91 Å². The van der Waals surface area contributed by atoms with Gasteiger partial charge in [-0.1, -0.05) is 12.1 Å². The molecule has 5 heteroatoms. The second-order valence-electron chi connectivity index (χ2n) is 4.56. The number of benzene rings is 1. The Kier molecular flexibility index (Phi) is 4.39. The van der Waals surface area contributed by atoms with Crippen LogP contribution in [-0.4, -0.2) is 16.7 Å². The molecule has 1 aromatic heterocycles. The molecule has 104 valence electrons. The van der Waals surface area contributed by atoms with Crippen molar-refractivity contribution in [2.75, 3.05) is 0 Å². The number of rotatable bonds is 3. The van der Waals surface area contributed by atoms with Crippen molar-refractivity contribution in [3.8, 4) is 0 Å². The van der Waals surface area contributed by atoms with Crippen LogP contribution in [0, 0.1) is 13.8 Å². The van der Waals surface area contributed by atoms with Gasteiger partial charge in [-0.15, -0.1) is 0 Å². The minimum atomic E-state index is -0.237. The number of nitrogens with one attached hydrogen (secondary N) is 1. The average molecular weight is 334 g/mol. The van der Waals surface area contributed by atoms with Gasteiger partial charge in [-0.2, -0.15) is 5.10 Å². The van der Waals surface area contributed by atoms with Crippen molar-refractivity contribution in [2.45, 2.75) is 13.8 Å². The predicted octanol–water partition coefficient (Wildman–Crippen LogP) is 3.17. The summed E-state index contributed by atoms with van der Waals surface area (Å²) in [7, 11) is 2.00. The van der Waals surface area contributed by atoms with E-state index in [4.69, 9.17) is 0 Å². The Labute approximate surface area is 126 Å². The van der Waals surface area contributed by atoms with E-state index in [1.807, 2.05) is 45.2 Å². The van der Waals surface area contributed by atoms with E-state index in [0.29, 0.717) is 5.56 Å². The van der Waals surface area contributed by atoms with E-state index in [1.165, 1.54) is 0 Å². The molecule has 0 fully saturated rings. The summed E-state index contributed by atoms with van der Waals surface area (Å²) >= 11 is 3.34. The van der Waals surface area contributed by atoms with Crippen molar-refractivity contribution in [2.24, 2.45) is 12.1 Å². The van der Waals surface area contributed by atoms with Crippen LogP contribution in [0.25, 0.3) is 0 Å². The maximum Gasteiger partial charge on any atom is 0.272 e. The van der Waals surface area contributed by atoms with Crippen molar-refractivity contribution in [1.82, 2.24) is 9.99 Å². The Morgan fingerprint density at radius 3 is 2.65 bits per heavy atom. The summed E-state index contributed by atoms with van der Waals surface area (Å²) < 4.78 is 2.83. The molecular weight excluding hydrogens is 318 g/mol. The van der Waals surface area contributed by atoms with Crippen molar-refractivity contribution in [3.05, 3.63) is 57.3 Å². The fourth-order valence-electron chi connectivity index (χ4n) is 1.88. The Morgan fingerprint density at radius 1 is 1.35 bits per heavy atom. The summed E-state index contributed by atoms with van der Waals surface area (Å²) in [6, 6.07) is 9.27. The van der Waals surface area contributed by atoms with Gasteiger partial charge in [-0.05, 0) is 48.0 Å². The number of nitrogens with zero attached hydrogens (tertiary/aromatic N) is 2. The lowest BCUT2D eigenvalue weighted by molar-refractivity contribution is 0.0954. The molecule has 0 aliphatic carbocycles. The number of carbonyl (C=O) groups is 1. The topological polar surface area (TPSA) is 46.4 Å². The number of amides is 1. The van der Waals surface area contributed by atoms with Gasteiger partial charge in [0, 0.05) is 28.5 Å². The minimum absolute atomic E-state index is 0.237. The molecule has 1 aromatic carbocycles. The third-order valence-corrected chi connectivity index (χ3v) is 3.99. The number of hydrogen-bond donors (Lipinski definition) is 1. The predicted molar refractivity (Wildman–Crippen MR) is 84.1 cm³/mol. The lowest BCUT2D eigenvalue weighted by Gasteiger charge is -2.02. The summed E-state index contributed by atoms with van der Waals surface area (Å²) in [6.07, 6.45) is 1.66. The lowest BCUT2D eigenvalue weighted by atomic mass is 10.2. The molecule has 4 nitrogen and oxygen atoms in total. The monoisotopic (exact) mass is 333 g/mol. The van der Waals surface area contributed by atoms with Crippen LogP contribution >= 0.6 is 15.9 Å². The molecule has 0 aliphatic heterocycles. The van der Waals surface area contributed by atoms with Crippen molar-refractivity contribution >= 4 is 28.1 Å². The largest absolute Gasteiger partial charge is 0.352 e. The standard InChI is InChI=1S/C15H16BrN3O/c1-10-8-12(11(2)19(10)3)9-17-18-15(20)13-6-4-5-7-14(13)16/h4-9H,1-3H3,(H,18,20)/b17-9-. The third-order valence-electron chi connectivity index (χ3n) is 3.30. The van der Waals surface area contributed by atoms with Gasteiger partial charge in [0.15, 0.2) is 0 Å². The van der Waals surface area contributed by atoms with Crippen LogP contribution in [0.3, 0.4) is 0 Å². The maximum atomic E-state index is 12.0. The van der Waals surface area contributed by atoms with E-state index >= 15 is 0 Å². The average Bonchev–Trinajstić information content (AvgIpc) is 2.67. The molecule has 1 N–H and O–H groups in total. The van der Waals surface area contributed by atoms with Gasteiger partial charge >= 0.3 is 0 Å². The second kappa shape index (κ2) is 6.05. The summed E-state index contributed by atoms with van der Waals surface area (Å²) in [5.41, 5.74) is 6.36. The third kappa shape index (κ3) is 2.99. The van der Waals surface area contributed by atoms with Gasteiger partial charge in [0.05, 0.1) is 11.8 Å². The summed E-state index contributed by atoms with van der Waals surface area (Å²) in [4.78, 5) is 12.0. The normalized spacial score (nSPS) is 11.0. The van der Waals surface area contributed by atoms with Crippen LogP contribution in [0.2, 0.25) is 0 Å². The highest BCUT2D eigenvalue weighted by Gasteiger charge is 2.08. The smallest absolute Gasteiger partial charge is 0.272 e. The van der Waals surface area contributed by atoms with Crippen LogP contribution < -0.4 is 5.43 Å². The highest BCUT2D eigenvalue weighted by atomic mass is 79.9. The molecule has 0 spiro atoms. The van der Waals surface area contributed by atoms with Gasteiger partial charge in [0.2, 0.25) is 0 Å². The number of hydrogen-bond acceptors (Lipinski definition) is 2. The first-order valence-electron chi connectivity index (χ1n) is 6.21. The minimum Gasteiger partial charge on any atom is -0.352 e. The molecule has 0 saturated heterocycles. The van der Waals surface area contributed by atoms with Crippen LogP contribution in [0.4, 0.5) is 0 Å². The molecule has 1 amide bonds. The van der Waals surface area contributed by atoms with E-state index in [9.17, 15) is 4.79 Å². The van der Waals surface area contributed by atoms with Crippen molar-refractivity contribution in [3.63, 3.8) is 0 Å². The molecule has 0 saturated carbocycles. The number of aromatic nitrogens is 1. The molecule has 2 rings (SSSR count). The highest BCUT2D eigenvalue weighted by Crippen LogP contribution is 2.15. The molecule has 2 aromatic rings. The Hall–Kier alpha value is -1.88. The fourth-order valence-corrected chi connectivity index (χ4v) is 2.35. The quantitative estimate of drug-likeness (QED) is 0.680. The van der Waals surface area contributed by atoms with E-state index in [0.717, 1.165) is 21.4 Å².